The largest absolute Gasteiger partial charge is 0.354 e. The molecule has 1 unspecified atom stereocenters. The van der Waals surface area contributed by atoms with Crippen LogP contribution in [0.2, 0.25) is 0 Å². The van der Waals surface area contributed by atoms with Gasteiger partial charge in [0.15, 0.2) is 5.82 Å². The molecule has 166 valence electrons. The Morgan fingerprint density at radius 3 is 2.53 bits per heavy atom. The topological polar surface area (TPSA) is 49.3 Å². The summed E-state index contributed by atoms with van der Waals surface area (Å²) in [6.07, 6.45) is 3.84. The number of aromatic nitrogens is 2. The van der Waals surface area contributed by atoms with Gasteiger partial charge in [0.2, 0.25) is 5.91 Å². The van der Waals surface area contributed by atoms with E-state index in [4.69, 9.17) is 0 Å². The third kappa shape index (κ3) is 5.13. The van der Waals surface area contributed by atoms with Crippen molar-refractivity contribution in [3.63, 3.8) is 0 Å². The fourth-order valence-electron chi connectivity index (χ4n) is 4.17. The van der Waals surface area contributed by atoms with Crippen LogP contribution >= 0.6 is 0 Å². The van der Waals surface area contributed by atoms with Gasteiger partial charge in [0.25, 0.3) is 0 Å². The molecular weight excluding hydrogens is 403 g/mol. The molecule has 1 fully saturated rings. The molecule has 2 aromatic carbocycles. The highest BCUT2D eigenvalue weighted by molar-refractivity contribution is 5.95. The van der Waals surface area contributed by atoms with Crippen LogP contribution in [-0.2, 0) is 4.79 Å². The van der Waals surface area contributed by atoms with Gasteiger partial charge < -0.3 is 9.80 Å². The first-order chi connectivity index (χ1) is 15.7. The van der Waals surface area contributed by atoms with E-state index in [2.05, 4.69) is 22.0 Å². The second kappa shape index (κ2) is 10.4. The first-order valence-electron chi connectivity index (χ1n) is 11.4. The van der Waals surface area contributed by atoms with E-state index in [0.29, 0.717) is 12.2 Å². The Morgan fingerprint density at radius 2 is 1.84 bits per heavy atom. The molecule has 0 N–H and O–H groups in total. The van der Waals surface area contributed by atoms with Gasteiger partial charge in [-0.25, -0.2) is 4.39 Å². The molecule has 1 saturated heterocycles. The minimum Gasteiger partial charge on any atom is -0.354 e. The third-order valence-corrected chi connectivity index (χ3v) is 5.95. The molecule has 0 aliphatic carbocycles. The molecule has 0 bridgehead atoms. The van der Waals surface area contributed by atoms with Crippen molar-refractivity contribution in [2.75, 3.05) is 29.4 Å². The van der Waals surface area contributed by atoms with Gasteiger partial charge in [-0.05, 0) is 67.8 Å². The van der Waals surface area contributed by atoms with Gasteiger partial charge in [-0.15, -0.1) is 10.2 Å². The zero-order valence-electron chi connectivity index (χ0n) is 18.5. The van der Waals surface area contributed by atoms with Crippen molar-refractivity contribution >= 4 is 17.4 Å². The van der Waals surface area contributed by atoms with Crippen molar-refractivity contribution in [2.24, 2.45) is 5.92 Å². The van der Waals surface area contributed by atoms with Crippen LogP contribution in [-0.4, -0.2) is 35.7 Å². The Kier molecular flexibility index (Phi) is 7.10. The Balaban J connectivity index is 1.47. The molecule has 4 rings (SSSR count). The summed E-state index contributed by atoms with van der Waals surface area (Å²) in [7, 11) is 0. The molecule has 5 nitrogen and oxygen atoms in total. The van der Waals surface area contributed by atoms with Gasteiger partial charge in [-0.1, -0.05) is 31.5 Å². The van der Waals surface area contributed by atoms with Crippen molar-refractivity contribution in [3.05, 3.63) is 72.5 Å². The van der Waals surface area contributed by atoms with E-state index >= 15 is 0 Å². The standard InChI is InChI=1S/C26H29FN4O/c1-2-3-18-31(23-9-5-4-6-10-23)26(32)21-8-7-17-30(19-21)25-16-15-24(28-29-25)20-11-13-22(27)14-12-20/h4-6,9-16,21H,2-3,7-8,17-19H2,1H3. The molecular formula is C26H29FN4O. The lowest BCUT2D eigenvalue weighted by atomic mass is 9.96. The normalized spacial score (nSPS) is 16.1. The number of rotatable bonds is 7. The quantitative estimate of drug-likeness (QED) is 0.506. The summed E-state index contributed by atoms with van der Waals surface area (Å²) in [5, 5.41) is 8.74. The van der Waals surface area contributed by atoms with E-state index in [0.717, 1.165) is 55.8 Å². The van der Waals surface area contributed by atoms with Crippen molar-refractivity contribution < 1.29 is 9.18 Å². The Bertz CT molecular complexity index is 1010. The van der Waals surface area contributed by atoms with Crippen molar-refractivity contribution in [1.29, 1.82) is 0 Å². The summed E-state index contributed by atoms with van der Waals surface area (Å²) in [5.74, 6) is 0.614. The molecule has 32 heavy (non-hydrogen) atoms. The predicted octanol–water partition coefficient (Wildman–Crippen LogP) is 5.33. The van der Waals surface area contributed by atoms with Crippen LogP contribution in [0.4, 0.5) is 15.9 Å². The molecule has 1 aromatic heterocycles. The van der Waals surface area contributed by atoms with E-state index in [-0.39, 0.29) is 17.6 Å². The molecule has 1 aliphatic heterocycles. The van der Waals surface area contributed by atoms with Crippen molar-refractivity contribution in [3.8, 4) is 11.3 Å². The predicted molar refractivity (Wildman–Crippen MR) is 126 cm³/mol. The lowest BCUT2D eigenvalue weighted by Gasteiger charge is -2.35. The number of piperidine rings is 1. The summed E-state index contributed by atoms with van der Waals surface area (Å²) >= 11 is 0. The second-order valence-electron chi connectivity index (χ2n) is 8.25. The minimum absolute atomic E-state index is 0.0700. The van der Waals surface area contributed by atoms with Crippen LogP contribution in [0.3, 0.4) is 0 Å². The fourth-order valence-corrected chi connectivity index (χ4v) is 4.17. The molecule has 0 spiro atoms. The number of unbranched alkanes of at least 4 members (excludes halogenated alkanes) is 1. The van der Waals surface area contributed by atoms with Gasteiger partial charge in [-0.2, -0.15) is 0 Å². The number of carbonyl (C=O) groups excluding carboxylic acids is 1. The second-order valence-corrected chi connectivity index (χ2v) is 8.25. The number of para-hydroxylation sites is 1. The molecule has 0 saturated carbocycles. The number of nitrogens with zero attached hydrogens (tertiary/aromatic N) is 4. The molecule has 1 atom stereocenters. The Hall–Kier alpha value is -3.28. The molecule has 1 amide bonds. The molecule has 3 aromatic rings. The lowest BCUT2D eigenvalue weighted by molar-refractivity contribution is -0.122. The highest BCUT2D eigenvalue weighted by atomic mass is 19.1. The van der Waals surface area contributed by atoms with Crippen molar-refractivity contribution in [1.82, 2.24) is 10.2 Å². The SMILES string of the molecule is CCCCN(C(=O)C1CCCN(c2ccc(-c3ccc(F)cc3)nn2)C1)c1ccccc1. The van der Waals surface area contributed by atoms with Gasteiger partial charge in [0.05, 0.1) is 11.6 Å². The molecule has 1 aliphatic rings. The summed E-state index contributed by atoms with van der Waals surface area (Å²) in [6, 6.07) is 20.0. The van der Waals surface area contributed by atoms with E-state index in [1.807, 2.05) is 47.4 Å². The summed E-state index contributed by atoms with van der Waals surface area (Å²) < 4.78 is 13.2. The molecule has 0 radical (unpaired) electrons. The van der Waals surface area contributed by atoms with E-state index < -0.39 is 0 Å². The van der Waals surface area contributed by atoms with Gasteiger partial charge in [0, 0.05) is 30.9 Å². The highest BCUT2D eigenvalue weighted by Gasteiger charge is 2.30. The molecule has 6 heteroatoms. The smallest absolute Gasteiger partial charge is 0.231 e. The van der Waals surface area contributed by atoms with Crippen LogP contribution in [0, 0.1) is 11.7 Å². The van der Waals surface area contributed by atoms with Gasteiger partial charge in [-0.3, -0.25) is 4.79 Å². The van der Waals surface area contributed by atoms with Crippen LogP contribution < -0.4 is 9.80 Å². The van der Waals surface area contributed by atoms with Crippen LogP contribution in [0.15, 0.2) is 66.7 Å². The van der Waals surface area contributed by atoms with E-state index in [9.17, 15) is 9.18 Å². The lowest BCUT2D eigenvalue weighted by Crippen LogP contribution is -2.45. The summed E-state index contributed by atoms with van der Waals surface area (Å²) in [5.41, 5.74) is 2.49. The number of carbonyl (C=O) groups is 1. The number of halogens is 1. The Labute approximate surface area is 188 Å². The number of hydrogen-bond acceptors (Lipinski definition) is 4. The summed E-state index contributed by atoms with van der Waals surface area (Å²) in [4.78, 5) is 17.6. The maximum Gasteiger partial charge on any atom is 0.231 e. The van der Waals surface area contributed by atoms with E-state index in [1.165, 1.54) is 12.1 Å². The summed E-state index contributed by atoms with van der Waals surface area (Å²) in [6.45, 7) is 4.37. The monoisotopic (exact) mass is 432 g/mol. The number of amides is 1. The van der Waals surface area contributed by atoms with Crippen molar-refractivity contribution in [2.45, 2.75) is 32.6 Å². The van der Waals surface area contributed by atoms with Gasteiger partial charge >= 0.3 is 0 Å². The third-order valence-electron chi connectivity index (χ3n) is 5.95. The number of anilines is 2. The zero-order chi connectivity index (χ0) is 22.3. The average molecular weight is 433 g/mol. The van der Waals surface area contributed by atoms with Crippen LogP contribution in [0.5, 0.6) is 0 Å². The number of benzene rings is 2. The van der Waals surface area contributed by atoms with E-state index in [1.54, 1.807) is 12.1 Å². The van der Waals surface area contributed by atoms with Gasteiger partial charge in [0.1, 0.15) is 5.82 Å². The van der Waals surface area contributed by atoms with Crippen LogP contribution in [0.25, 0.3) is 11.3 Å². The maximum absolute atomic E-state index is 13.5. The zero-order valence-corrected chi connectivity index (χ0v) is 18.5. The first-order valence-corrected chi connectivity index (χ1v) is 11.4. The Morgan fingerprint density at radius 1 is 1.06 bits per heavy atom. The van der Waals surface area contributed by atoms with Crippen LogP contribution in [0.1, 0.15) is 32.6 Å². The maximum atomic E-state index is 13.5. The minimum atomic E-state index is -0.272. The highest BCUT2D eigenvalue weighted by Crippen LogP contribution is 2.26. The average Bonchev–Trinajstić information content (AvgIpc) is 2.85. The number of hydrogen-bond donors (Lipinski definition) is 0. The molecule has 2 heterocycles. The fraction of sp³-hybridized carbons (Fsp3) is 0.346. The first kappa shape index (κ1) is 21.9.